The zero-order valence-electron chi connectivity index (χ0n) is 16.5. The second-order valence-electron chi connectivity index (χ2n) is 7.51. The van der Waals surface area contributed by atoms with Crippen LogP contribution in [0, 0.1) is 0 Å². The molecule has 0 saturated carbocycles. The first-order valence-corrected chi connectivity index (χ1v) is 11.3. The fourth-order valence-corrected chi connectivity index (χ4v) is 4.69. The van der Waals surface area contributed by atoms with Gasteiger partial charge in [-0.25, -0.2) is 0 Å². The number of nitrogens with one attached hydrogen (secondary N) is 3. The fourth-order valence-electron chi connectivity index (χ4n) is 3.71. The molecule has 0 fully saturated rings. The zero-order chi connectivity index (χ0) is 21.4. The van der Waals surface area contributed by atoms with Crippen molar-refractivity contribution in [3.63, 3.8) is 0 Å². The number of hydrogen-bond acceptors (Lipinski definition) is 5. The Morgan fingerprint density at radius 3 is 2.74 bits per heavy atom. The number of benzene rings is 2. The van der Waals surface area contributed by atoms with Crippen LogP contribution in [0.4, 0.5) is 11.4 Å². The molecular formula is C22H21N5O3S. The van der Waals surface area contributed by atoms with Crippen LogP contribution in [0.1, 0.15) is 5.56 Å². The van der Waals surface area contributed by atoms with E-state index in [1.54, 1.807) is 24.5 Å². The van der Waals surface area contributed by atoms with Gasteiger partial charge in [0.15, 0.2) is 0 Å². The average Bonchev–Trinajstić information content (AvgIpc) is 3.30. The molecule has 4 aromatic rings. The predicted molar refractivity (Wildman–Crippen MR) is 121 cm³/mol. The third-order valence-corrected chi connectivity index (χ3v) is 6.15. The summed E-state index contributed by atoms with van der Waals surface area (Å²) in [4.78, 5) is 7.51. The van der Waals surface area contributed by atoms with Crippen molar-refractivity contribution in [3.05, 3.63) is 72.7 Å². The highest BCUT2D eigenvalue weighted by Gasteiger charge is 2.22. The molecule has 2 aromatic carbocycles. The van der Waals surface area contributed by atoms with Gasteiger partial charge in [0, 0.05) is 34.9 Å². The van der Waals surface area contributed by atoms with Crippen molar-refractivity contribution >= 4 is 32.5 Å². The van der Waals surface area contributed by atoms with Crippen molar-refractivity contribution in [1.29, 1.82) is 0 Å². The van der Waals surface area contributed by atoms with E-state index in [9.17, 15) is 8.42 Å². The Morgan fingerprint density at radius 2 is 1.84 bits per heavy atom. The lowest BCUT2D eigenvalue weighted by Gasteiger charge is -2.13. The molecule has 0 saturated heterocycles. The lowest BCUT2D eigenvalue weighted by molar-refractivity contribution is 0.287. The first-order valence-electron chi connectivity index (χ1n) is 9.80. The topological polar surface area (TPSA) is 122 Å². The first kappa shape index (κ1) is 19.4. The molecule has 2 aromatic heterocycles. The van der Waals surface area contributed by atoms with E-state index in [-0.39, 0.29) is 6.04 Å². The maximum Gasteiger partial charge on any atom is 0.321 e. The Morgan fingerprint density at radius 1 is 1.00 bits per heavy atom. The van der Waals surface area contributed by atoms with Crippen molar-refractivity contribution in [1.82, 2.24) is 9.97 Å². The van der Waals surface area contributed by atoms with Gasteiger partial charge in [0.25, 0.3) is 0 Å². The van der Waals surface area contributed by atoms with Crippen molar-refractivity contribution in [2.45, 2.75) is 12.5 Å². The molecule has 3 heterocycles. The SMILES string of the molecule is N[C@H](COc1cncc(-c2ccc3c(c2)NS(=O)(=O)N3)c1)Cc1c[nH]c2ccccc12. The summed E-state index contributed by atoms with van der Waals surface area (Å²) in [7, 11) is -3.52. The van der Waals surface area contributed by atoms with E-state index < -0.39 is 10.2 Å². The van der Waals surface area contributed by atoms with Crippen LogP contribution < -0.4 is 19.9 Å². The summed E-state index contributed by atoms with van der Waals surface area (Å²) in [6.45, 7) is 0.346. The van der Waals surface area contributed by atoms with Crippen molar-refractivity contribution in [3.8, 4) is 16.9 Å². The highest BCUT2D eigenvalue weighted by atomic mass is 32.2. The maximum atomic E-state index is 11.7. The largest absolute Gasteiger partial charge is 0.490 e. The molecule has 0 amide bonds. The summed E-state index contributed by atoms with van der Waals surface area (Å²) in [6.07, 6.45) is 6.02. The van der Waals surface area contributed by atoms with Gasteiger partial charge < -0.3 is 15.5 Å². The molecule has 0 bridgehead atoms. The lowest BCUT2D eigenvalue weighted by Crippen LogP contribution is -2.30. The van der Waals surface area contributed by atoms with Gasteiger partial charge in [0.05, 0.1) is 17.6 Å². The van der Waals surface area contributed by atoms with Crippen LogP contribution in [-0.2, 0) is 16.6 Å². The summed E-state index contributed by atoms with van der Waals surface area (Å²) in [5.41, 5.74) is 11.2. The van der Waals surface area contributed by atoms with Gasteiger partial charge in [-0.3, -0.25) is 14.4 Å². The molecule has 0 radical (unpaired) electrons. The number of aromatic amines is 1. The summed E-state index contributed by atoms with van der Waals surface area (Å²) in [5, 5.41) is 1.17. The van der Waals surface area contributed by atoms with E-state index in [0.29, 0.717) is 30.2 Å². The minimum atomic E-state index is -3.52. The van der Waals surface area contributed by atoms with Crippen LogP contribution in [0.25, 0.3) is 22.0 Å². The number of ether oxygens (including phenoxy) is 1. The number of H-pyrrole nitrogens is 1. The molecule has 1 aliphatic heterocycles. The molecule has 0 spiro atoms. The molecule has 8 nitrogen and oxygen atoms in total. The van der Waals surface area contributed by atoms with Crippen molar-refractivity contribution in [2.75, 3.05) is 16.1 Å². The molecule has 1 aliphatic rings. The van der Waals surface area contributed by atoms with Crippen LogP contribution >= 0.6 is 0 Å². The Hall–Kier alpha value is -3.56. The molecular weight excluding hydrogens is 414 g/mol. The number of rotatable bonds is 6. The molecule has 0 aliphatic carbocycles. The van der Waals surface area contributed by atoms with Crippen molar-refractivity contribution in [2.24, 2.45) is 5.73 Å². The summed E-state index contributed by atoms with van der Waals surface area (Å²) < 4.78 is 34.1. The summed E-state index contributed by atoms with van der Waals surface area (Å²) >= 11 is 0. The van der Waals surface area contributed by atoms with Gasteiger partial charge >= 0.3 is 10.2 Å². The number of fused-ring (bicyclic) bond motifs is 2. The van der Waals surface area contributed by atoms with Crippen LogP contribution in [-0.4, -0.2) is 31.0 Å². The molecule has 5 N–H and O–H groups in total. The second-order valence-corrected chi connectivity index (χ2v) is 8.93. The number of hydrogen-bond donors (Lipinski definition) is 4. The van der Waals surface area contributed by atoms with Gasteiger partial charge in [0.1, 0.15) is 12.4 Å². The van der Waals surface area contributed by atoms with Gasteiger partial charge in [0.2, 0.25) is 0 Å². The number of para-hydroxylation sites is 1. The maximum absolute atomic E-state index is 11.7. The van der Waals surface area contributed by atoms with Crippen LogP contribution in [0.3, 0.4) is 0 Å². The normalized spacial score (nSPS) is 15.1. The smallest absolute Gasteiger partial charge is 0.321 e. The Kier molecular flexibility index (Phi) is 4.76. The molecule has 0 unspecified atom stereocenters. The first-order chi connectivity index (χ1) is 15.0. The Bertz CT molecular complexity index is 1370. The van der Waals surface area contributed by atoms with Gasteiger partial charge in [-0.15, -0.1) is 0 Å². The number of nitrogens with zero attached hydrogens (tertiary/aromatic N) is 1. The quantitative estimate of drug-likeness (QED) is 0.370. The number of aromatic nitrogens is 2. The Balaban J connectivity index is 1.27. The molecule has 31 heavy (non-hydrogen) atoms. The van der Waals surface area contributed by atoms with Crippen LogP contribution in [0.2, 0.25) is 0 Å². The average molecular weight is 436 g/mol. The highest BCUT2D eigenvalue weighted by molar-refractivity contribution is 7.94. The standard InChI is InChI=1S/C22H21N5O3S/c23-17(7-16-11-25-20-4-2-1-3-19(16)20)13-30-18-8-15(10-24-12-18)14-5-6-21-22(9-14)27-31(28,29)26-21/h1-6,8-12,17,25-27H,7,13,23H2/t17-/m0/s1. The summed E-state index contributed by atoms with van der Waals surface area (Å²) in [6, 6.07) is 15.1. The third-order valence-electron chi connectivity index (χ3n) is 5.18. The van der Waals surface area contributed by atoms with Gasteiger partial charge in [-0.2, -0.15) is 8.42 Å². The zero-order valence-corrected chi connectivity index (χ0v) is 17.3. The third kappa shape index (κ3) is 4.05. The number of anilines is 2. The van der Waals surface area contributed by atoms with E-state index in [0.717, 1.165) is 22.2 Å². The lowest BCUT2D eigenvalue weighted by atomic mass is 10.1. The van der Waals surface area contributed by atoms with Crippen LogP contribution in [0.15, 0.2) is 67.1 Å². The van der Waals surface area contributed by atoms with Gasteiger partial charge in [-0.05, 0) is 41.8 Å². The number of nitrogens with two attached hydrogens (primary N) is 1. The van der Waals surface area contributed by atoms with Crippen LogP contribution in [0.5, 0.6) is 5.75 Å². The minimum Gasteiger partial charge on any atom is -0.490 e. The second kappa shape index (κ2) is 7.60. The predicted octanol–water partition coefficient (Wildman–Crippen LogP) is 3.26. The molecule has 5 rings (SSSR count). The van der Waals surface area contributed by atoms with E-state index in [4.69, 9.17) is 10.5 Å². The number of pyridine rings is 1. The monoisotopic (exact) mass is 435 g/mol. The Labute approximate surface area is 179 Å². The minimum absolute atomic E-state index is 0.177. The molecule has 9 heteroatoms. The fraction of sp³-hybridized carbons (Fsp3) is 0.136. The van der Waals surface area contributed by atoms with E-state index in [1.807, 2.05) is 36.5 Å². The summed E-state index contributed by atoms with van der Waals surface area (Å²) in [5.74, 6) is 0.603. The van der Waals surface area contributed by atoms with E-state index in [2.05, 4.69) is 25.5 Å². The van der Waals surface area contributed by atoms with Gasteiger partial charge in [-0.1, -0.05) is 24.3 Å². The molecule has 1 atom stereocenters. The molecule has 158 valence electrons. The van der Waals surface area contributed by atoms with E-state index >= 15 is 0 Å². The highest BCUT2D eigenvalue weighted by Crippen LogP contribution is 2.34. The van der Waals surface area contributed by atoms with Crippen molar-refractivity contribution < 1.29 is 13.2 Å². The van der Waals surface area contributed by atoms with E-state index in [1.165, 1.54) is 5.39 Å².